The number of thioether (sulfide) groups is 1. The fraction of sp³-hybridized carbons (Fsp3) is 0.217. The number of thiophene rings is 1. The van der Waals surface area contributed by atoms with Crippen LogP contribution in [0.1, 0.15) is 18.4 Å². The first-order chi connectivity index (χ1) is 14.2. The van der Waals surface area contributed by atoms with Gasteiger partial charge in [-0.25, -0.2) is 4.98 Å². The van der Waals surface area contributed by atoms with Crippen LogP contribution < -0.4 is 10.3 Å². The molecule has 0 aliphatic rings. The van der Waals surface area contributed by atoms with E-state index in [0.29, 0.717) is 17.1 Å². The van der Waals surface area contributed by atoms with Gasteiger partial charge in [-0.05, 0) is 37.5 Å². The molecule has 0 unspecified atom stereocenters. The maximum atomic E-state index is 12.7. The number of ether oxygens (including phenoxy) is 1. The average molecular weight is 423 g/mol. The lowest BCUT2D eigenvalue weighted by molar-refractivity contribution is 0.310. The highest BCUT2D eigenvalue weighted by atomic mass is 32.2. The van der Waals surface area contributed by atoms with Gasteiger partial charge in [0.1, 0.15) is 10.6 Å². The Kier molecular flexibility index (Phi) is 6.32. The van der Waals surface area contributed by atoms with Gasteiger partial charge in [0.15, 0.2) is 5.16 Å². The summed E-state index contributed by atoms with van der Waals surface area (Å²) in [6, 6.07) is 18.1. The van der Waals surface area contributed by atoms with Gasteiger partial charge in [-0.15, -0.1) is 11.3 Å². The number of fused-ring (bicyclic) bond motifs is 1. The van der Waals surface area contributed by atoms with Crippen molar-refractivity contribution in [3.8, 4) is 16.9 Å². The highest BCUT2D eigenvalue weighted by molar-refractivity contribution is 7.99. The SMILES string of the molecule is Cc1ccc(-c2csc3nc(SCCCCOc4ccccc4)[nH]c(=O)c23)cc1. The standard InChI is InChI=1S/C23H22N2O2S2/c1-16-9-11-17(12-10-16)19-15-29-22-20(19)21(26)24-23(25-22)28-14-6-5-13-27-18-7-3-2-4-8-18/h2-4,7-12,15H,5-6,13-14H2,1H3,(H,24,25,26). The third-order valence-electron chi connectivity index (χ3n) is 4.57. The minimum atomic E-state index is -0.0678. The highest BCUT2D eigenvalue weighted by Crippen LogP contribution is 2.31. The molecule has 2 aromatic heterocycles. The van der Waals surface area contributed by atoms with Crippen LogP contribution in [0, 0.1) is 6.92 Å². The van der Waals surface area contributed by atoms with E-state index >= 15 is 0 Å². The molecule has 0 atom stereocenters. The number of nitrogens with zero attached hydrogens (tertiary/aromatic N) is 1. The Morgan fingerprint density at radius 1 is 1.07 bits per heavy atom. The highest BCUT2D eigenvalue weighted by Gasteiger charge is 2.13. The van der Waals surface area contributed by atoms with Crippen molar-refractivity contribution in [3.05, 3.63) is 75.9 Å². The van der Waals surface area contributed by atoms with Gasteiger partial charge in [0, 0.05) is 16.7 Å². The molecular formula is C23H22N2O2S2. The number of aromatic amines is 1. The summed E-state index contributed by atoms with van der Waals surface area (Å²) in [6.07, 6.45) is 1.96. The van der Waals surface area contributed by atoms with E-state index in [0.717, 1.165) is 40.3 Å². The number of benzene rings is 2. The van der Waals surface area contributed by atoms with Gasteiger partial charge in [-0.2, -0.15) is 0 Å². The van der Waals surface area contributed by atoms with E-state index in [-0.39, 0.29) is 5.56 Å². The number of hydrogen-bond acceptors (Lipinski definition) is 5. The second-order valence-electron chi connectivity index (χ2n) is 6.78. The molecule has 1 N–H and O–H groups in total. The number of unbranched alkanes of at least 4 members (excludes halogenated alkanes) is 1. The summed E-state index contributed by atoms with van der Waals surface area (Å²) in [5.41, 5.74) is 3.14. The lowest BCUT2D eigenvalue weighted by Crippen LogP contribution is -2.08. The molecule has 6 heteroatoms. The van der Waals surface area contributed by atoms with Crippen LogP contribution in [0.25, 0.3) is 21.3 Å². The topological polar surface area (TPSA) is 55.0 Å². The zero-order valence-corrected chi connectivity index (χ0v) is 17.8. The molecule has 2 heterocycles. The average Bonchev–Trinajstić information content (AvgIpc) is 3.16. The summed E-state index contributed by atoms with van der Waals surface area (Å²) in [5, 5.41) is 3.38. The number of nitrogens with one attached hydrogen (secondary N) is 1. The van der Waals surface area contributed by atoms with Crippen molar-refractivity contribution in [2.24, 2.45) is 0 Å². The quantitative estimate of drug-likeness (QED) is 0.218. The van der Waals surface area contributed by atoms with Gasteiger partial charge in [0.05, 0.1) is 12.0 Å². The van der Waals surface area contributed by atoms with Crippen LogP contribution in [-0.4, -0.2) is 22.3 Å². The number of rotatable bonds is 8. The summed E-state index contributed by atoms with van der Waals surface area (Å²) in [7, 11) is 0. The summed E-state index contributed by atoms with van der Waals surface area (Å²) < 4.78 is 5.71. The molecule has 0 bridgehead atoms. The molecule has 2 aromatic carbocycles. The van der Waals surface area contributed by atoms with E-state index in [1.54, 1.807) is 11.8 Å². The Morgan fingerprint density at radius 2 is 1.86 bits per heavy atom. The first-order valence-corrected chi connectivity index (χ1v) is 11.5. The third-order valence-corrected chi connectivity index (χ3v) is 6.41. The number of aryl methyl sites for hydroxylation is 1. The summed E-state index contributed by atoms with van der Waals surface area (Å²) in [5.74, 6) is 1.79. The van der Waals surface area contributed by atoms with Gasteiger partial charge in [0.25, 0.3) is 5.56 Å². The molecule has 148 valence electrons. The van der Waals surface area contributed by atoms with Crippen molar-refractivity contribution >= 4 is 33.3 Å². The van der Waals surface area contributed by atoms with E-state index in [4.69, 9.17) is 4.74 Å². The lowest BCUT2D eigenvalue weighted by Gasteiger charge is -2.05. The van der Waals surface area contributed by atoms with Crippen LogP contribution in [-0.2, 0) is 0 Å². The Hall–Kier alpha value is -2.57. The summed E-state index contributed by atoms with van der Waals surface area (Å²) in [6.45, 7) is 2.75. The lowest BCUT2D eigenvalue weighted by atomic mass is 10.1. The molecule has 29 heavy (non-hydrogen) atoms. The Balaban J connectivity index is 1.35. The first-order valence-electron chi connectivity index (χ1n) is 9.60. The van der Waals surface area contributed by atoms with Crippen molar-refractivity contribution < 1.29 is 4.74 Å². The number of aromatic nitrogens is 2. The zero-order valence-electron chi connectivity index (χ0n) is 16.2. The summed E-state index contributed by atoms with van der Waals surface area (Å²) in [4.78, 5) is 21.1. The van der Waals surface area contributed by atoms with Crippen molar-refractivity contribution in [2.75, 3.05) is 12.4 Å². The minimum Gasteiger partial charge on any atom is -0.494 e. The molecule has 0 amide bonds. The van der Waals surface area contributed by atoms with E-state index in [9.17, 15) is 4.79 Å². The van der Waals surface area contributed by atoms with Crippen LogP contribution >= 0.6 is 23.1 Å². The van der Waals surface area contributed by atoms with Crippen LogP contribution in [0.2, 0.25) is 0 Å². The fourth-order valence-corrected chi connectivity index (χ4v) is 4.89. The van der Waals surface area contributed by atoms with Crippen LogP contribution in [0.15, 0.2) is 69.9 Å². The molecule has 4 nitrogen and oxygen atoms in total. The molecule has 0 radical (unpaired) electrons. The Bertz CT molecular complexity index is 1140. The third kappa shape index (κ3) is 4.89. The van der Waals surface area contributed by atoms with Crippen LogP contribution in [0.5, 0.6) is 5.75 Å². The largest absolute Gasteiger partial charge is 0.494 e. The smallest absolute Gasteiger partial charge is 0.260 e. The first kappa shape index (κ1) is 19.7. The van der Waals surface area contributed by atoms with Crippen LogP contribution in [0.3, 0.4) is 0 Å². The molecule has 0 spiro atoms. The molecule has 0 aliphatic heterocycles. The van der Waals surface area contributed by atoms with Crippen molar-refractivity contribution in [2.45, 2.75) is 24.9 Å². The zero-order chi connectivity index (χ0) is 20.1. The second-order valence-corrected chi connectivity index (χ2v) is 8.73. The van der Waals surface area contributed by atoms with Crippen molar-refractivity contribution in [1.29, 1.82) is 0 Å². The predicted molar refractivity (Wildman–Crippen MR) is 122 cm³/mol. The van der Waals surface area contributed by atoms with Crippen molar-refractivity contribution in [3.63, 3.8) is 0 Å². The predicted octanol–water partition coefficient (Wildman–Crippen LogP) is 5.91. The van der Waals surface area contributed by atoms with Gasteiger partial charge in [-0.3, -0.25) is 4.79 Å². The van der Waals surface area contributed by atoms with E-state index < -0.39 is 0 Å². The number of para-hydroxylation sites is 1. The Morgan fingerprint density at radius 3 is 2.66 bits per heavy atom. The molecule has 4 rings (SSSR count). The van der Waals surface area contributed by atoms with Crippen molar-refractivity contribution in [1.82, 2.24) is 9.97 Å². The monoisotopic (exact) mass is 422 g/mol. The second kappa shape index (κ2) is 9.29. The van der Waals surface area contributed by atoms with Crippen LogP contribution in [0.4, 0.5) is 0 Å². The Labute approximate surface area is 178 Å². The van der Waals surface area contributed by atoms with Gasteiger partial charge < -0.3 is 9.72 Å². The molecule has 0 saturated heterocycles. The maximum Gasteiger partial charge on any atom is 0.260 e. The van der Waals surface area contributed by atoms with E-state index in [2.05, 4.69) is 41.2 Å². The van der Waals surface area contributed by atoms with Gasteiger partial charge in [-0.1, -0.05) is 59.8 Å². The van der Waals surface area contributed by atoms with E-state index in [1.807, 2.05) is 35.7 Å². The van der Waals surface area contributed by atoms with Gasteiger partial charge in [0.2, 0.25) is 0 Å². The normalized spacial score (nSPS) is 11.1. The summed E-state index contributed by atoms with van der Waals surface area (Å²) >= 11 is 3.11. The fourth-order valence-electron chi connectivity index (χ4n) is 3.02. The molecule has 0 saturated carbocycles. The molecular weight excluding hydrogens is 400 g/mol. The molecule has 0 fully saturated rings. The number of hydrogen-bond donors (Lipinski definition) is 1. The maximum absolute atomic E-state index is 12.7. The molecule has 4 aromatic rings. The molecule has 0 aliphatic carbocycles. The van der Waals surface area contributed by atoms with E-state index in [1.165, 1.54) is 16.9 Å². The number of H-pyrrole nitrogens is 1. The minimum absolute atomic E-state index is 0.0678. The van der Waals surface area contributed by atoms with Gasteiger partial charge >= 0.3 is 0 Å².